The number of benzene rings is 2. The quantitative estimate of drug-likeness (QED) is 0.329. The molecule has 2 aromatic heterocycles. The third kappa shape index (κ3) is 5.04. The van der Waals surface area contributed by atoms with E-state index < -0.39 is 0 Å². The molecule has 2 aromatic carbocycles. The van der Waals surface area contributed by atoms with Crippen LogP contribution in [0.4, 0.5) is 5.69 Å². The van der Waals surface area contributed by atoms with E-state index in [1.165, 1.54) is 22.9 Å². The van der Waals surface area contributed by atoms with Crippen LogP contribution in [-0.2, 0) is 17.6 Å². The zero-order valence-corrected chi connectivity index (χ0v) is 20.8. The molecule has 2 heterocycles. The number of hydrogen-bond acceptors (Lipinski definition) is 5. The summed E-state index contributed by atoms with van der Waals surface area (Å²) >= 11 is 1.38. The van der Waals surface area contributed by atoms with E-state index in [1.807, 2.05) is 16.7 Å². The molecule has 0 fully saturated rings. The molecule has 0 saturated heterocycles. The molecule has 174 valence electrons. The van der Waals surface area contributed by atoms with Crippen molar-refractivity contribution in [2.45, 2.75) is 45.7 Å². The fourth-order valence-electron chi connectivity index (χ4n) is 3.86. The highest BCUT2D eigenvalue weighted by molar-refractivity contribution is 7.99. The predicted octanol–water partition coefficient (Wildman–Crippen LogP) is 5.80. The van der Waals surface area contributed by atoms with Crippen LogP contribution in [0.25, 0.3) is 17.1 Å². The molecule has 0 aliphatic heterocycles. The second-order valence-electron chi connectivity index (χ2n) is 8.14. The van der Waals surface area contributed by atoms with Crippen LogP contribution in [0.2, 0.25) is 0 Å². The van der Waals surface area contributed by atoms with Crippen LogP contribution >= 0.6 is 11.8 Å². The number of thioether (sulfide) groups is 1. The Kier molecular flexibility index (Phi) is 7.43. The minimum Gasteiger partial charge on any atom is -0.325 e. The number of carbonyl (C=O) groups excluding carboxylic acids is 1. The number of anilines is 1. The van der Waals surface area contributed by atoms with Gasteiger partial charge in [0, 0.05) is 23.6 Å². The molecule has 0 saturated carbocycles. The summed E-state index contributed by atoms with van der Waals surface area (Å²) in [4.78, 5) is 17.1. The Labute approximate surface area is 204 Å². The molecular formula is C27H29N5OS. The molecule has 6 nitrogen and oxygen atoms in total. The molecule has 0 aliphatic carbocycles. The number of nitrogens with zero attached hydrogens (tertiary/aromatic N) is 4. The Morgan fingerprint density at radius 2 is 1.65 bits per heavy atom. The van der Waals surface area contributed by atoms with E-state index in [0.717, 1.165) is 46.7 Å². The first-order valence-electron chi connectivity index (χ1n) is 11.5. The SMILES string of the molecule is CCc1cccc(CC)c1NC(=O)CSc1nnc(-c2ccncc2)n1-c1ccc(C)c(C)c1. The molecule has 4 rings (SSSR count). The Hall–Kier alpha value is -3.45. The summed E-state index contributed by atoms with van der Waals surface area (Å²) in [5.41, 5.74) is 7.52. The van der Waals surface area contributed by atoms with Crippen LogP contribution in [-0.4, -0.2) is 31.4 Å². The van der Waals surface area contributed by atoms with E-state index in [-0.39, 0.29) is 11.7 Å². The number of rotatable bonds is 8. The molecule has 0 spiro atoms. The van der Waals surface area contributed by atoms with Gasteiger partial charge in [0.1, 0.15) is 0 Å². The first kappa shape index (κ1) is 23.7. The van der Waals surface area contributed by atoms with E-state index in [9.17, 15) is 4.79 Å². The second-order valence-corrected chi connectivity index (χ2v) is 9.08. The van der Waals surface area contributed by atoms with Crippen molar-refractivity contribution in [3.8, 4) is 17.1 Å². The summed E-state index contributed by atoms with van der Waals surface area (Å²) in [5.74, 6) is 0.902. The number of amides is 1. The Balaban J connectivity index is 1.62. The number of para-hydroxylation sites is 1. The highest BCUT2D eigenvalue weighted by Gasteiger charge is 2.18. The molecule has 0 atom stereocenters. The first-order chi connectivity index (χ1) is 16.5. The molecule has 0 radical (unpaired) electrons. The van der Waals surface area contributed by atoms with Crippen LogP contribution < -0.4 is 5.32 Å². The van der Waals surface area contributed by atoms with Crippen LogP contribution in [0.3, 0.4) is 0 Å². The maximum Gasteiger partial charge on any atom is 0.234 e. The van der Waals surface area contributed by atoms with Crippen LogP contribution in [0.15, 0.2) is 66.1 Å². The smallest absolute Gasteiger partial charge is 0.234 e. The maximum absolute atomic E-state index is 12.9. The lowest BCUT2D eigenvalue weighted by molar-refractivity contribution is -0.113. The zero-order chi connectivity index (χ0) is 24.1. The average Bonchev–Trinajstić information content (AvgIpc) is 3.29. The van der Waals surface area contributed by atoms with Crippen molar-refractivity contribution in [1.29, 1.82) is 0 Å². The van der Waals surface area contributed by atoms with Gasteiger partial charge in [0.15, 0.2) is 11.0 Å². The van der Waals surface area contributed by atoms with Crippen LogP contribution in [0.1, 0.15) is 36.1 Å². The summed E-state index contributed by atoms with van der Waals surface area (Å²) in [6, 6.07) is 16.3. The lowest BCUT2D eigenvalue weighted by Crippen LogP contribution is -2.17. The topological polar surface area (TPSA) is 72.7 Å². The van der Waals surface area contributed by atoms with Crippen molar-refractivity contribution in [1.82, 2.24) is 19.7 Å². The lowest BCUT2D eigenvalue weighted by atomic mass is 10.0. The van der Waals surface area contributed by atoms with E-state index >= 15 is 0 Å². The normalized spacial score (nSPS) is 10.9. The van der Waals surface area contributed by atoms with Gasteiger partial charge in [-0.15, -0.1) is 10.2 Å². The maximum atomic E-state index is 12.9. The van der Waals surface area contributed by atoms with Crippen molar-refractivity contribution < 1.29 is 4.79 Å². The van der Waals surface area contributed by atoms with Crippen molar-refractivity contribution in [3.05, 3.63) is 83.2 Å². The Morgan fingerprint density at radius 3 is 2.29 bits per heavy atom. The molecular weight excluding hydrogens is 442 g/mol. The minimum absolute atomic E-state index is 0.0549. The fraction of sp³-hybridized carbons (Fsp3) is 0.259. The van der Waals surface area contributed by atoms with Gasteiger partial charge in [-0.1, -0.05) is 49.9 Å². The summed E-state index contributed by atoms with van der Waals surface area (Å²) in [6.45, 7) is 8.39. The zero-order valence-electron chi connectivity index (χ0n) is 20.0. The van der Waals surface area contributed by atoms with Gasteiger partial charge in [0.05, 0.1) is 11.4 Å². The van der Waals surface area contributed by atoms with Crippen LogP contribution in [0.5, 0.6) is 0 Å². The van der Waals surface area contributed by atoms with Crippen molar-refractivity contribution in [3.63, 3.8) is 0 Å². The molecule has 0 unspecified atom stereocenters. The van der Waals surface area contributed by atoms with Gasteiger partial charge in [-0.05, 0) is 73.2 Å². The van der Waals surface area contributed by atoms with E-state index in [4.69, 9.17) is 0 Å². The van der Waals surface area contributed by atoms with Gasteiger partial charge in [-0.3, -0.25) is 14.3 Å². The summed E-state index contributed by atoms with van der Waals surface area (Å²) in [5, 5.41) is 12.7. The predicted molar refractivity (Wildman–Crippen MR) is 139 cm³/mol. The van der Waals surface area contributed by atoms with E-state index in [2.05, 4.69) is 84.6 Å². The van der Waals surface area contributed by atoms with E-state index in [0.29, 0.717) is 5.16 Å². The first-order valence-corrected chi connectivity index (χ1v) is 12.5. The highest BCUT2D eigenvalue weighted by Crippen LogP contribution is 2.29. The van der Waals surface area contributed by atoms with Crippen molar-refractivity contribution >= 4 is 23.4 Å². The molecule has 7 heteroatoms. The van der Waals surface area contributed by atoms with Crippen LogP contribution in [0, 0.1) is 13.8 Å². The number of pyridine rings is 1. The standard InChI is InChI=1S/C27H29N5OS/c1-5-20-8-7-9-21(6-2)25(20)29-24(33)17-34-27-31-30-26(22-12-14-28-15-13-22)32(27)23-11-10-18(3)19(4)16-23/h7-16H,5-6,17H2,1-4H3,(H,29,33). The number of hydrogen-bond donors (Lipinski definition) is 1. The van der Waals surface area contributed by atoms with Gasteiger partial charge < -0.3 is 5.32 Å². The summed E-state index contributed by atoms with van der Waals surface area (Å²) in [7, 11) is 0. The second kappa shape index (κ2) is 10.7. The van der Waals surface area contributed by atoms with Gasteiger partial charge in [0.2, 0.25) is 5.91 Å². The highest BCUT2D eigenvalue weighted by atomic mass is 32.2. The van der Waals surface area contributed by atoms with E-state index in [1.54, 1.807) is 12.4 Å². The monoisotopic (exact) mass is 471 g/mol. The Morgan fingerprint density at radius 1 is 0.941 bits per heavy atom. The molecule has 0 aliphatic rings. The molecule has 4 aromatic rings. The number of aromatic nitrogens is 4. The number of aryl methyl sites for hydroxylation is 4. The molecule has 0 bridgehead atoms. The largest absolute Gasteiger partial charge is 0.325 e. The minimum atomic E-state index is -0.0549. The summed E-state index contributed by atoms with van der Waals surface area (Å²) < 4.78 is 2.01. The molecule has 1 amide bonds. The molecule has 34 heavy (non-hydrogen) atoms. The van der Waals surface area contributed by atoms with Gasteiger partial charge in [0.25, 0.3) is 0 Å². The third-order valence-electron chi connectivity index (χ3n) is 5.92. The van der Waals surface area contributed by atoms with Crippen molar-refractivity contribution in [2.24, 2.45) is 0 Å². The average molecular weight is 472 g/mol. The van der Waals surface area contributed by atoms with Crippen molar-refractivity contribution in [2.75, 3.05) is 11.1 Å². The van der Waals surface area contributed by atoms with Gasteiger partial charge in [-0.25, -0.2) is 0 Å². The number of nitrogens with one attached hydrogen (secondary N) is 1. The molecule has 1 N–H and O–H groups in total. The van der Waals surface area contributed by atoms with Gasteiger partial charge in [-0.2, -0.15) is 0 Å². The number of carbonyl (C=O) groups is 1. The third-order valence-corrected chi connectivity index (χ3v) is 6.85. The van der Waals surface area contributed by atoms with Gasteiger partial charge >= 0.3 is 0 Å². The Bertz CT molecular complexity index is 1280. The fourth-order valence-corrected chi connectivity index (χ4v) is 4.61. The summed E-state index contributed by atoms with van der Waals surface area (Å²) in [6.07, 6.45) is 5.22. The lowest BCUT2D eigenvalue weighted by Gasteiger charge is -2.15.